The molecule has 7 heteroatoms. The van der Waals surface area contributed by atoms with Gasteiger partial charge in [0.1, 0.15) is 5.60 Å². The number of carbonyl (C=O) groups is 1. The summed E-state index contributed by atoms with van der Waals surface area (Å²) in [5.74, 6) is 5.43. The number of benzene rings is 2. The van der Waals surface area contributed by atoms with Gasteiger partial charge < -0.3 is 10.4 Å². The summed E-state index contributed by atoms with van der Waals surface area (Å²) in [7, 11) is 0. The Hall–Kier alpha value is -2.78. The van der Waals surface area contributed by atoms with E-state index in [-0.39, 0.29) is 5.91 Å². The molecule has 2 N–H and O–H groups in total. The lowest BCUT2D eigenvalue weighted by molar-refractivity contribution is 0.0913. The molecule has 33 heavy (non-hydrogen) atoms. The van der Waals surface area contributed by atoms with Crippen molar-refractivity contribution in [2.45, 2.75) is 52.7 Å². The van der Waals surface area contributed by atoms with E-state index in [2.05, 4.69) is 22.3 Å². The first-order valence-electron chi connectivity index (χ1n) is 10.5. The Morgan fingerprint density at radius 2 is 1.70 bits per heavy atom. The van der Waals surface area contributed by atoms with Crippen LogP contribution < -0.4 is 5.32 Å². The van der Waals surface area contributed by atoms with Crippen LogP contribution in [0, 0.1) is 18.8 Å². The van der Waals surface area contributed by atoms with Crippen molar-refractivity contribution in [1.29, 1.82) is 0 Å². The van der Waals surface area contributed by atoms with E-state index in [9.17, 15) is 9.90 Å². The van der Waals surface area contributed by atoms with Crippen LogP contribution in [0.4, 0.5) is 0 Å². The standard InChI is InChI=1S/C26H27Cl2N3O2/c1-16-22(24(32)29-25(2,3)4)30-31(23(16)18-8-10-19(27)11-9-18)21-12-7-17(15-20(21)28)13-14-26(5,6)33/h7-12,15,33H,1-6H3,(H,29,32). The zero-order valence-electron chi connectivity index (χ0n) is 19.5. The van der Waals surface area contributed by atoms with Crippen LogP contribution in [-0.2, 0) is 0 Å². The molecule has 0 spiro atoms. The van der Waals surface area contributed by atoms with Gasteiger partial charge in [0, 0.05) is 27.3 Å². The second-order valence-electron chi connectivity index (χ2n) is 9.42. The molecule has 1 amide bonds. The Kier molecular flexibility index (Phi) is 6.95. The van der Waals surface area contributed by atoms with E-state index in [0.717, 1.165) is 16.8 Å². The minimum absolute atomic E-state index is 0.266. The van der Waals surface area contributed by atoms with Crippen molar-refractivity contribution in [2.24, 2.45) is 0 Å². The summed E-state index contributed by atoms with van der Waals surface area (Å²) in [5.41, 5.74) is 2.37. The van der Waals surface area contributed by atoms with Crippen molar-refractivity contribution in [1.82, 2.24) is 15.1 Å². The molecule has 2 aromatic carbocycles. The van der Waals surface area contributed by atoms with Gasteiger partial charge in [0.15, 0.2) is 5.69 Å². The number of rotatable bonds is 3. The molecule has 0 radical (unpaired) electrons. The molecule has 172 valence electrons. The number of carbonyl (C=O) groups excluding carboxylic acids is 1. The lowest BCUT2D eigenvalue weighted by atomic mass is 10.0. The Morgan fingerprint density at radius 1 is 1.06 bits per heavy atom. The van der Waals surface area contributed by atoms with Gasteiger partial charge in [0.25, 0.3) is 5.91 Å². The average Bonchev–Trinajstić information content (AvgIpc) is 3.02. The minimum Gasteiger partial charge on any atom is -0.378 e. The van der Waals surface area contributed by atoms with Crippen molar-refractivity contribution in [2.75, 3.05) is 0 Å². The van der Waals surface area contributed by atoms with Crippen LogP contribution in [0.2, 0.25) is 10.0 Å². The van der Waals surface area contributed by atoms with Crippen molar-refractivity contribution in [3.05, 3.63) is 69.3 Å². The van der Waals surface area contributed by atoms with Crippen LogP contribution in [0.3, 0.4) is 0 Å². The fourth-order valence-corrected chi connectivity index (χ4v) is 3.60. The highest BCUT2D eigenvalue weighted by atomic mass is 35.5. The van der Waals surface area contributed by atoms with Crippen LogP contribution >= 0.6 is 23.2 Å². The van der Waals surface area contributed by atoms with Gasteiger partial charge in [-0.25, -0.2) is 4.68 Å². The zero-order valence-corrected chi connectivity index (χ0v) is 21.1. The number of amides is 1. The van der Waals surface area contributed by atoms with Crippen LogP contribution in [0.5, 0.6) is 0 Å². The first-order chi connectivity index (χ1) is 15.2. The van der Waals surface area contributed by atoms with Gasteiger partial charge in [-0.15, -0.1) is 0 Å². The molecular weight excluding hydrogens is 457 g/mol. The number of aromatic nitrogens is 2. The molecule has 3 aromatic rings. The van der Waals surface area contributed by atoms with Gasteiger partial charge in [-0.2, -0.15) is 5.10 Å². The van der Waals surface area contributed by atoms with E-state index in [1.54, 1.807) is 48.9 Å². The Bertz CT molecular complexity index is 1250. The molecular formula is C26H27Cl2N3O2. The van der Waals surface area contributed by atoms with Gasteiger partial charge in [0.2, 0.25) is 0 Å². The van der Waals surface area contributed by atoms with Crippen LogP contribution in [0.1, 0.15) is 56.2 Å². The molecule has 0 saturated carbocycles. The van der Waals surface area contributed by atoms with Crippen LogP contribution in [0.15, 0.2) is 42.5 Å². The minimum atomic E-state index is -1.11. The maximum atomic E-state index is 13.0. The normalized spacial score (nSPS) is 11.7. The summed E-state index contributed by atoms with van der Waals surface area (Å²) < 4.78 is 1.67. The summed E-state index contributed by atoms with van der Waals surface area (Å²) in [6, 6.07) is 12.7. The average molecular weight is 484 g/mol. The van der Waals surface area contributed by atoms with Gasteiger partial charge >= 0.3 is 0 Å². The topological polar surface area (TPSA) is 67.2 Å². The SMILES string of the molecule is Cc1c(C(=O)NC(C)(C)C)nn(-c2ccc(C#CC(C)(C)O)cc2Cl)c1-c1ccc(Cl)cc1. The first kappa shape index (κ1) is 24.9. The van der Waals surface area contributed by atoms with Gasteiger partial charge in [-0.3, -0.25) is 4.79 Å². The quantitative estimate of drug-likeness (QED) is 0.462. The maximum Gasteiger partial charge on any atom is 0.272 e. The van der Waals surface area contributed by atoms with Gasteiger partial charge in [-0.05, 0) is 71.9 Å². The molecule has 5 nitrogen and oxygen atoms in total. The predicted octanol–water partition coefficient (Wildman–Crippen LogP) is 5.81. The molecule has 0 aliphatic heterocycles. The Labute approximate surface area is 204 Å². The number of aliphatic hydroxyl groups is 1. The molecule has 1 aromatic heterocycles. The van der Waals surface area contributed by atoms with E-state index in [1.807, 2.05) is 39.8 Å². The smallest absolute Gasteiger partial charge is 0.272 e. The zero-order chi connectivity index (χ0) is 24.6. The number of nitrogens with one attached hydrogen (secondary N) is 1. The van der Waals surface area contributed by atoms with E-state index in [4.69, 9.17) is 23.2 Å². The fourth-order valence-electron chi connectivity index (χ4n) is 3.21. The first-order valence-corrected chi connectivity index (χ1v) is 11.2. The molecule has 3 rings (SSSR count). The summed E-state index contributed by atoms with van der Waals surface area (Å²) >= 11 is 12.7. The van der Waals surface area contributed by atoms with E-state index >= 15 is 0 Å². The highest BCUT2D eigenvalue weighted by Gasteiger charge is 2.25. The highest BCUT2D eigenvalue weighted by molar-refractivity contribution is 6.32. The maximum absolute atomic E-state index is 13.0. The summed E-state index contributed by atoms with van der Waals surface area (Å²) in [5, 5.41) is 18.5. The summed E-state index contributed by atoms with van der Waals surface area (Å²) in [6.45, 7) is 10.9. The highest BCUT2D eigenvalue weighted by Crippen LogP contribution is 2.32. The summed E-state index contributed by atoms with van der Waals surface area (Å²) in [6.07, 6.45) is 0. The third kappa shape index (κ3) is 6.17. The third-order valence-corrected chi connectivity index (χ3v) is 5.19. The molecule has 0 aliphatic rings. The van der Waals surface area contributed by atoms with Crippen molar-refractivity contribution >= 4 is 29.1 Å². The molecule has 0 saturated heterocycles. The lowest BCUT2D eigenvalue weighted by Gasteiger charge is -2.19. The van der Waals surface area contributed by atoms with Crippen LogP contribution in [0.25, 0.3) is 16.9 Å². The van der Waals surface area contributed by atoms with Gasteiger partial charge in [-0.1, -0.05) is 47.2 Å². The largest absolute Gasteiger partial charge is 0.378 e. The van der Waals surface area contributed by atoms with E-state index in [0.29, 0.717) is 27.0 Å². The van der Waals surface area contributed by atoms with E-state index in [1.165, 1.54) is 0 Å². The predicted molar refractivity (Wildman–Crippen MR) is 134 cm³/mol. The van der Waals surface area contributed by atoms with Crippen molar-refractivity contribution in [3.63, 3.8) is 0 Å². The molecule has 1 heterocycles. The molecule has 0 atom stereocenters. The Balaban J connectivity index is 2.18. The third-order valence-electron chi connectivity index (χ3n) is 4.63. The molecule has 0 unspecified atom stereocenters. The summed E-state index contributed by atoms with van der Waals surface area (Å²) in [4.78, 5) is 13.0. The van der Waals surface area contributed by atoms with Crippen LogP contribution in [-0.4, -0.2) is 31.9 Å². The van der Waals surface area contributed by atoms with Gasteiger partial charge in [0.05, 0.1) is 16.4 Å². The molecule has 0 aliphatic carbocycles. The molecule has 0 fully saturated rings. The number of nitrogens with zero attached hydrogens (tertiary/aromatic N) is 2. The van der Waals surface area contributed by atoms with E-state index < -0.39 is 11.1 Å². The van der Waals surface area contributed by atoms with Crippen molar-refractivity contribution < 1.29 is 9.90 Å². The van der Waals surface area contributed by atoms with Crippen molar-refractivity contribution in [3.8, 4) is 28.8 Å². The number of hydrogen-bond donors (Lipinski definition) is 2. The molecule has 0 bridgehead atoms. The monoisotopic (exact) mass is 483 g/mol. The number of halogens is 2. The second kappa shape index (κ2) is 9.23. The Morgan fingerprint density at radius 3 is 2.24 bits per heavy atom. The fraction of sp³-hybridized carbons (Fsp3) is 0.308. The second-order valence-corrected chi connectivity index (χ2v) is 10.3. The number of hydrogen-bond acceptors (Lipinski definition) is 3. The lowest BCUT2D eigenvalue weighted by Crippen LogP contribution is -2.41.